The van der Waals surface area contributed by atoms with Gasteiger partial charge >= 0.3 is 0 Å². The maximum absolute atomic E-state index is 12.3. The molecule has 0 saturated heterocycles. The first kappa shape index (κ1) is 17.9. The lowest BCUT2D eigenvalue weighted by atomic mass is 10.2. The fraction of sp³-hybridized carbons (Fsp3) is 0.211. The van der Waals surface area contributed by atoms with Crippen molar-refractivity contribution in [1.29, 1.82) is 0 Å². The molecule has 0 atom stereocenters. The van der Waals surface area contributed by atoms with Crippen molar-refractivity contribution in [2.24, 2.45) is 0 Å². The number of amides is 2. The van der Waals surface area contributed by atoms with Gasteiger partial charge in [0.2, 0.25) is 5.91 Å². The monoisotopic (exact) mass is 368 g/mol. The number of hydrogen-bond acceptors (Lipinski definition) is 4. The third-order valence-corrected chi connectivity index (χ3v) is 4.74. The number of anilines is 1. The number of hydrogen-bond donors (Lipinski definition) is 2. The molecule has 0 aliphatic heterocycles. The molecule has 0 aliphatic carbocycles. The van der Waals surface area contributed by atoms with E-state index in [2.05, 4.69) is 21.7 Å². The Balaban J connectivity index is 1.48. The third kappa shape index (κ3) is 5.29. The number of rotatable bonds is 8. The van der Waals surface area contributed by atoms with Gasteiger partial charge in [0.05, 0.1) is 6.33 Å². The number of nitrogens with zero attached hydrogens (tertiary/aromatic N) is 2. The number of carbonyl (C=O) groups is 2. The van der Waals surface area contributed by atoms with Gasteiger partial charge in [-0.3, -0.25) is 9.59 Å². The van der Waals surface area contributed by atoms with Crippen LogP contribution in [0.1, 0.15) is 21.7 Å². The van der Waals surface area contributed by atoms with Crippen molar-refractivity contribution in [2.45, 2.75) is 19.4 Å². The minimum absolute atomic E-state index is 0.103. The van der Waals surface area contributed by atoms with Gasteiger partial charge in [-0.05, 0) is 36.1 Å². The van der Waals surface area contributed by atoms with Crippen molar-refractivity contribution in [3.8, 4) is 0 Å². The molecule has 134 valence electrons. The van der Waals surface area contributed by atoms with Crippen LogP contribution < -0.4 is 10.6 Å². The Bertz CT molecular complexity index is 844. The summed E-state index contributed by atoms with van der Waals surface area (Å²) >= 11 is 1.68. The molecule has 0 aliphatic rings. The second kappa shape index (κ2) is 8.96. The Kier molecular flexibility index (Phi) is 6.16. The molecule has 3 aromatic rings. The van der Waals surface area contributed by atoms with E-state index in [0.29, 0.717) is 30.8 Å². The van der Waals surface area contributed by atoms with Crippen LogP contribution in [-0.2, 0) is 17.8 Å². The predicted octanol–water partition coefficient (Wildman–Crippen LogP) is 2.95. The molecule has 2 heterocycles. The fourth-order valence-electron chi connectivity index (χ4n) is 2.47. The minimum atomic E-state index is -0.143. The summed E-state index contributed by atoms with van der Waals surface area (Å²) in [6.45, 7) is 1.15. The number of imidazole rings is 1. The molecule has 2 amide bonds. The molecule has 1 aromatic carbocycles. The molecular weight excluding hydrogens is 348 g/mol. The molecule has 3 rings (SSSR count). The van der Waals surface area contributed by atoms with E-state index in [1.807, 2.05) is 22.2 Å². The van der Waals surface area contributed by atoms with E-state index >= 15 is 0 Å². The molecule has 2 aromatic heterocycles. The molecule has 6 nitrogen and oxygen atoms in total. The molecule has 0 radical (unpaired) electrons. The SMILES string of the molecule is O=C(CCn1ccnc1)Nc1cccc(C(=O)NCCc2cccs2)c1. The van der Waals surface area contributed by atoms with Crippen molar-refractivity contribution in [3.05, 3.63) is 70.9 Å². The Labute approximate surface area is 155 Å². The van der Waals surface area contributed by atoms with Crippen LogP contribution in [0.2, 0.25) is 0 Å². The standard InChI is InChI=1S/C19H20N4O2S/c24-18(7-10-23-11-9-20-14-23)22-16-4-1-3-15(13-16)19(25)21-8-6-17-5-2-12-26-17/h1-5,9,11-14H,6-8,10H2,(H,21,25)(H,22,24). The lowest BCUT2D eigenvalue weighted by Gasteiger charge is -2.08. The van der Waals surface area contributed by atoms with E-state index in [4.69, 9.17) is 0 Å². The predicted molar refractivity (Wildman–Crippen MR) is 102 cm³/mol. The van der Waals surface area contributed by atoms with Crippen molar-refractivity contribution >= 4 is 28.8 Å². The Morgan fingerprint density at radius 1 is 1.19 bits per heavy atom. The molecule has 26 heavy (non-hydrogen) atoms. The first-order valence-electron chi connectivity index (χ1n) is 8.37. The third-order valence-electron chi connectivity index (χ3n) is 3.80. The molecule has 0 bridgehead atoms. The van der Waals surface area contributed by atoms with Gasteiger partial charge in [0.25, 0.3) is 5.91 Å². The second-order valence-electron chi connectivity index (χ2n) is 5.76. The summed E-state index contributed by atoms with van der Waals surface area (Å²) in [6.07, 6.45) is 6.32. The van der Waals surface area contributed by atoms with E-state index in [1.165, 1.54) is 4.88 Å². The Morgan fingerprint density at radius 3 is 2.88 bits per heavy atom. The maximum Gasteiger partial charge on any atom is 0.251 e. The van der Waals surface area contributed by atoms with E-state index in [1.54, 1.807) is 48.1 Å². The number of carbonyl (C=O) groups excluding carboxylic acids is 2. The van der Waals surface area contributed by atoms with Gasteiger partial charge < -0.3 is 15.2 Å². The van der Waals surface area contributed by atoms with Crippen LogP contribution in [0, 0.1) is 0 Å². The molecule has 0 unspecified atom stereocenters. The van der Waals surface area contributed by atoms with E-state index in [0.717, 1.165) is 6.42 Å². The smallest absolute Gasteiger partial charge is 0.251 e. The molecule has 0 spiro atoms. The molecule has 7 heteroatoms. The van der Waals surface area contributed by atoms with Crippen molar-refractivity contribution in [3.63, 3.8) is 0 Å². The quantitative estimate of drug-likeness (QED) is 0.642. The summed E-state index contributed by atoms with van der Waals surface area (Å²) in [5, 5.41) is 7.76. The van der Waals surface area contributed by atoms with E-state index < -0.39 is 0 Å². The van der Waals surface area contributed by atoms with Crippen LogP contribution in [0.25, 0.3) is 0 Å². The highest BCUT2D eigenvalue weighted by atomic mass is 32.1. The highest BCUT2D eigenvalue weighted by molar-refractivity contribution is 7.09. The van der Waals surface area contributed by atoms with Crippen molar-refractivity contribution in [1.82, 2.24) is 14.9 Å². The van der Waals surface area contributed by atoms with Crippen LogP contribution >= 0.6 is 11.3 Å². The Morgan fingerprint density at radius 2 is 2.12 bits per heavy atom. The van der Waals surface area contributed by atoms with E-state index in [9.17, 15) is 9.59 Å². The summed E-state index contributed by atoms with van der Waals surface area (Å²) in [4.78, 5) is 29.5. The normalized spacial score (nSPS) is 10.5. The number of thiophene rings is 1. The largest absolute Gasteiger partial charge is 0.352 e. The molecule has 0 fully saturated rings. The zero-order valence-corrected chi connectivity index (χ0v) is 15.0. The topological polar surface area (TPSA) is 76.0 Å². The Hall–Kier alpha value is -2.93. The summed E-state index contributed by atoms with van der Waals surface area (Å²) in [7, 11) is 0. The van der Waals surface area contributed by atoms with Gasteiger partial charge in [0, 0.05) is 48.0 Å². The average Bonchev–Trinajstić information content (AvgIpc) is 3.34. The van der Waals surface area contributed by atoms with Crippen LogP contribution in [0.15, 0.2) is 60.5 Å². The summed E-state index contributed by atoms with van der Waals surface area (Å²) in [5.41, 5.74) is 1.15. The van der Waals surface area contributed by atoms with Crippen molar-refractivity contribution in [2.75, 3.05) is 11.9 Å². The number of nitrogens with one attached hydrogen (secondary N) is 2. The van der Waals surface area contributed by atoms with Crippen LogP contribution in [0.3, 0.4) is 0 Å². The zero-order valence-electron chi connectivity index (χ0n) is 14.2. The van der Waals surface area contributed by atoms with Crippen LogP contribution in [0.5, 0.6) is 0 Å². The van der Waals surface area contributed by atoms with Gasteiger partial charge in [-0.2, -0.15) is 0 Å². The number of benzene rings is 1. The molecule has 0 saturated carbocycles. The summed E-state index contributed by atoms with van der Waals surface area (Å²) in [5.74, 6) is -0.245. The van der Waals surface area contributed by atoms with Gasteiger partial charge in [0.15, 0.2) is 0 Å². The van der Waals surface area contributed by atoms with Gasteiger partial charge in [-0.1, -0.05) is 12.1 Å². The zero-order chi connectivity index (χ0) is 18.2. The number of aromatic nitrogens is 2. The van der Waals surface area contributed by atoms with Gasteiger partial charge in [0.1, 0.15) is 0 Å². The summed E-state index contributed by atoms with van der Waals surface area (Å²) < 4.78 is 1.84. The second-order valence-corrected chi connectivity index (χ2v) is 6.80. The summed E-state index contributed by atoms with van der Waals surface area (Å²) in [6, 6.07) is 11.0. The fourth-order valence-corrected chi connectivity index (χ4v) is 3.18. The highest BCUT2D eigenvalue weighted by Gasteiger charge is 2.08. The van der Waals surface area contributed by atoms with Crippen LogP contribution in [0.4, 0.5) is 5.69 Å². The van der Waals surface area contributed by atoms with Gasteiger partial charge in [-0.15, -0.1) is 11.3 Å². The first-order chi connectivity index (χ1) is 12.7. The van der Waals surface area contributed by atoms with Gasteiger partial charge in [-0.25, -0.2) is 4.98 Å². The molecule has 2 N–H and O–H groups in total. The van der Waals surface area contributed by atoms with E-state index in [-0.39, 0.29) is 11.8 Å². The highest BCUT2D eigenvalue weighted by Crippen LogP contribution is 2.12. The lowest BCUT2D eigenvalue weighted by Crippen LogP contribution is -2.25. The first-order valence-corrected chi connectivity index (χ1v) is 9.25. The number of aryl methyl sites for hydroxylation is 1. The average molecular weight is 368 g/mol. The molecular formula is C19H20N4O2S. The minimum Gasteiger partial charge on any atom is -0.352 e. The van der Waals surface area contributed by atoms with Crippen LogP contribution in [-0.4, -0.2) is 27.9 Å². The lowest BCUT2D eigenvalue weighted by molar-refractivity contribution is -0.116. The maximum atomic E-state index is 12.3. The van der Waals surface area contributed by atoms with Crippen molar-refractivity contribution < 1.29 is 9.59 Å².